The van der Waals surface area contributed by atoms with Gasteiger partial charge in [0.25, 0.3) is 5.91 Å². The fourth-order valence-electron chi connectivity index (χ4n) is 2.23. The first kappa shape index (κ1) is 16.0. The number of nitrogens with two attached hydrogens (primary N) is 1. The van der Waals surface area contributed by atoms with Gasteiger partial charge in [-0.15, -0.1) is 0 Å². The highest BCUT2D eigenvalue weighted by Gasteiger charge is 2.16. The van der Waals surface area contributed by atoms with Gasteiger partial charge in [-0.3, -0.25) is 4.79 Å². The summed E-state index contributed by atoms with van der Waals surface area (Å²) >= 11 is 0. The topological polar surface area (TPSA) is 64.3 Å². The number of hydrogen-bond acceptors (Lipinski definition) is 3. The summed E-state index contributed by atoms with van der Waals surface area (Å²) in [6.07, 6.45) is -0.591. The summed E-state index contributed by atoms with van der Waals surface area (Å²) in [6.45, 7) is 6.11. The van der Waals surface area contributed by atoms with E-state index < -0.39 is 6.10 Å². The molecule has 0 aromatic heterocycles. The van der Waals surface area contributed by atoms with Crippen LogP contribution in [-0.4, -0.2) is 12.0 Å². The van der Waals surface area contributed by atoms with Crippen LogP contribution in [-0.2, 0) is 11.3 Å². The lowest BCUT2D eigenvalue weighted by Gasteiger charge is -2.17. The third-order valence-electron chi connectivity index (χ3n) is 3.50. The summed E-state index contributed by atoms with van der Waals surface area (Å²) in [7, 11) is 0. The molecule has 0 radical (unpaired) electrons. The molecule has 0 saturated carbocycles. The highest BCUT2D eigenvalue weighted by Crippen LogP contribution is 2.21. The van der Waals surface area contributed by atoms with E-state index in [0.717, 1.165) is 22.6 Å². The molecule has 22 heavy (non-hydrogen) atoms. The Hall–Kier alpha value is -2.33. The largest absolute Gasteiger partial charge is 0.481 e. The van der Waals surface area contributed by atoms with Gasteiger partial charge in [0.15, 0.2) is 6.10 Å². The molecular weight excluding hydrogens is 276 g/mol. The molecule has 0 saturated heterocycles. The van der Waals surface area contributed by atoms with E-state index in [-0.39, 0.29) is 5.91 Å². The Labute approximate surface area is 131 Å². The zero-order valence-corrected chi connectivity index (χ0v) is 13.2. The number of para-hydroxylation sites is 1. The van der Waals surface area contributed by atoms with Crippen LogP contribution in [0.5, 0.6) is 5.75 Å². The standard InChI is InChI=1S/C18H22N2O2/c1-12-8-9-17(13(2)10-12)22-14(3)18(21)20-16-7-5-4-6-15(16)11-19/h4-10,14H,11,19H2,1-3H3,(H,20,21). The zero-order chi connectivity index (χ0) is 16.1. The minimum Gasteiger partial charge on any atom is -0.481 e. The lowest BCUT2D eigenvalue weighted by Crippen LogP contribution is -2.30. The van der Waals surface area contributed by atoms with Crippen LogP contribution in [0, 0.1) is 13.8 Å². The predicted molar refractivity (Wildman–Crippen MR) is 89.0 cm³/mol. The maximum absolute atomic E-state index is 12.3. The van der Waals surface area contributed by atoms with E-state index >= 15 is 0 Å². The van der Waals surface area contributed by atoms with Crippen LogP contribution >= 0.6 is 0 Å². The summed E-state index contributed by atoms with van der Waals surface area (Å²) in [6, 6.07) is 13.4. The summed E-state index contributed by atoms with van der Waals surface area (Å²) in [4.78, 5) is 12.3. The lowest BCUT2D eigenvalue weighted by atomic mass is 10.1. The lowest BCUT2D eigenvalue weighted by molar-refractivity contribution is -0.122. The van der Waals surface area contributed by atoms with Crippen LogP contribution in [0.1, 0.15) is 23.6 Å². The molecule has 4 heteroatoms. The molecule has 0 aliphatic rings. The second-order valence-corrected chi connectivity index (χ2v) is 5.38. The highest BCUT2D eigenvalue weighted by molar-refractivity contribution is 5.94. The number of nitrogens with one attached hydrogen (secondary N) is 1. The van der Waals surface area contributed by atoms with Gasteiger partial charge < -0.3 is 15.8 Å². The Balaban J connectivity index is 2.06. The van der Waals surface area contributed by atoms with Gasteiger partial charge in [0.05, 0.1) is 0 Å². The molecule has 0 spiro atoms. The fraction of sp³-hybridized carbons (Fsp3) is 0.278. The van der Waals surface area contributed by atoms with E-state index in [0.29, 0.717) is 6.54 Å². The molecule has 0 heterocycles. The SMILES string of the molecule is Cc1ccc(OC(C)C(=O)Nc2ccccc2CN)c(C)c1. The van der Waals surface area contributed by atoms with E-state index in [2.05, 4.69) is 5.32 Å². The molecule has 3 N–H and O–H groups in total. The molecule has 1 atom stereocenters. The van der Waals surface area contributed by atoms with E-state index in [1.54, 1.807) is 6.92 Å². The van der Waals surface area contributed by atoms with Crippen molar-refractivity contribution < 1.29 is 9.53 Å². The summed E-state index contributed by atoms with van der Waals surface area (Å²) in [5, 5.41) is 2.87. The molecule has 1 unspecified atom stereocenters. The number of amides is 1. The monoisotopic (exact) mass is 298 g/mol. The molecular formula is C18H22N2O2. The Morgan fingerprint density at radius 1 is 1.23 bits per heavy atom. The van der Waals surface area contributed by atoms with Crippen LogP contribution in [0.3, 0.4) is 0 Å². The molecule has 1 amide bonds. The summed E-state index contributed by atoms with van der Waals surface area (Å²) in [5.74, 6) is 0.529. The van der Waals surface area contributed by atoms with Gasteiger partial charge in [0.1, 0.15) is 5.75 Å². The number of anilines is 1. The van der Waals surface area contributed by atoms with Crippen molar-refractivity contribution in [2.24, 2.45) is 5.73 Å². The molecule has 4 nitrogen and oxygen atoms in total. The van der Waals surface area contributed by atoms with Gasteiger partial charge >= 0.3 is 0 Å². The van der Waals surface area contributed by atoms with Crippen LogP contribution in [0.4, 0.5) is 5.69 Å². The van der Waals surface area contributed by atoms with E-state index in [1.165, 1.54) is 5.56 Å². The van der Waals surface area contributed by atoms with Crippen LogP contribution in [0.2, 0.25) is 0 Å². The van der Waals surface area contributed by atoms with Gasteiger partial charge in [-0.1, -0.05) is 35.9 Å². The maximum atomic E-state index is 12.3. The Kier molecular flexibility index (Phi) is 5.17. The quantitative estimate of drug-likeness (QED) is 0.891. The van der Waals surface area contributed by atoms with Gasteiger partial charge in [-0.25, -0.2) is 0 Å². The fourth-order valence-corrected chi connectivity index (χ4v) is 2.23. The van der Waals surface area contributed by atoms with E-state index in [1.807, 2.05) is 56.3 Å². The van der Waals surface area contributed by atoms with Crippen molar-refractivity contribution in [2.45, 2.75) is 33.4 Å². The number of ether oxygens (including phenoxy) is 1. The Bertz CT molecular complexity index is 668. The zero-order valence-electron chi connectivity index (χ0n) is 13.2. The third kappa shape index (κ3) is 3.86. The van der Waals surface area contributed by atoms with Crippen molar-refractivity contribution >= 4 is 11.6 Å². The van der Waals surface area contributed by atoms with Gasteiger partial charge in [-0.2, -0.15) is 0 Å². The maximum Gasteiger partial charge on any atom is 0.265 e. The summed E-state index contributed by atoms with van der Waals surface area (Å²) in [5.41, 5.74) is 9.48. The first-order valence-corrected chi connectivity index (χ1v) is 7.34. The second kappa shape index (κ2) is 7.09. The first-order valence-electron chi connectivity index (χ1n) is 7.34. The van der Waals surface area contributed by atoms with Crippen molar-refractivity contribution in [3.63, 3.8) is 0 Å². The first-order chi connectivity index (χ1) is 10.5. The van der Waals surface area contributed by atoms with E-state index in [9.17, 15) is 4.79 Å². The smallest absolute Gasteiger partial charge is 0.265 e. The molecule has 2 rings (SSSR count). The molecule has 116 valence electrons. The van der Waals surface area contributed by atoms with Crippen molar-refractivity contribution in [3.05, 3.63) is 59.2 Å². The van der Waals surface area contributed by atoms with Gasteiger partial charge in [0.2, 0.25) is 0 Å². The molecule has 0 aliphatic heterocycles. The minimum atomic E-state index is -0.591. The molecule has 2 aromatic rings. The second-order valence-electron chi connectivity index (χ2n) is 5.38. The van der Waals surface area contributed by atoms with Crippen LogP contribution in [0.15, 0.2) is 42.5 Å². The summed E-state index contributed by atoms with van der Waals surface area (Å²) < 4.78 is 5.76. The average molecular weight is 298 g/mol. The van der Waals surface area contributed by atoms with Crippen molar-refractivity contribution in [2.75, 3.05) is 5.32 Å². The molecule has 0 bridgehead atoms. The Morgan fingerprint density at radius 3 is 2.64 bits per heavy atom. The van der Waals surface area contributed by atoms with Crippen molar-refractivity contribution in [3.8, 4) is 5.75 Å². The number of carbonyl (C=O) groups excluding carboxylic acids is 1. The van der Waals surface area contributed by atoms with Crippen LogP contribution in [0.25, 0.3) is 0 Å². The number of rotatable bonds is 5. The third-order valence-corrected chi connectivity index (χ3v) is 3.50. The highest BCUT2D eigenvalue weighted by atomic mass is 16.5. The van der Waals surface area contributed by atoms with Crippen molar-refractivity contribution in [1.29, 1.82) is 0 Å². The Morgan fingerprint density at radius 2 is 1.95 bits per heavy atom. The number of hydrogen-bond donors (Lipinski definition) is 2. The molecule has 0 aliphatic carbocycles. The van der Waals surface area contributed by atoms with E-state index in [4.69, 9.17) is 10.5 Å². The minimum absolute atomic E-state index is 0.194. The number of aryl methyl sites for hydroxylation is 2. The molecule has 2 aromatic carbocycles. The van der Waals surface area contributed by atoms with Gasteiger partial charge in [-0.05, 0) is 44.0 Å². The van der Waals surface area contributed by atoms with Crippen molar-refractivity contribution in [1.82, 2.24) is 0 Å². The molecule has 0 fully saturated rings. The predicted octanol–water partition coefficient (Wildman–Crippen LogP) is 3.17. The number of carbonyl (C=O) groups is 1. The number of benzene rings is 2. The average Bonchev–Trinajstić information content (AvgIpc) is 2.50. The van der Waals surface area contributed by atoms with Gasteiger partial charge in [0, 0.05) is 12.2 Å². The normalized spacial score (nSPS) is 11.8. The van der Waals surface area contributed by atoms with Crippen LogP contribution < -0.4 is 15.8 Å².